The number of hydrogen-bond donors (Lipinski definition) is 2. The molecular weight excluding hydrogens is 340 g/mol. The predicted molar refractivity (Wildman–Crippen MR) is 103 cm³/mol. The van der Waals surface area contributed by atoms with E-state index in [1.807, 2.05) is 25.1 Å². The van der Waals surface area contributed by atoms with E-state index in [9.17, 15) is 4.79 Å². The largest absolute Gasteiger partial charge is 0.497 e. The summed E-state index contributed by atoms with van der Waals surface area (Å²) in [4.78, 5) is 12.4. The molecule has 2 N–H and O–H groups in total. The van der Waals surface area contributed by atoms with Crippen LogP contribution < -0.4 is 20.1 Å². The van der Waals surface area contributed by atoms with Crippen LogP contribution in [0, 0.1) is 11.8 Å². The minimum absolute atomic E-state index is 0. The van der Waals surface area contributed by atoms with Crippen LogP contribution in [0.2, 0.25) is 0 Å². The quantitative estimate of drug-likeness (QED) is 0.772. The minimum atomic E-state index is -0.122. The number of ether oxygens (including phenoxy) is 2. The van der Waals surface area contributed by atoms with Crippen LogP contribution in [0.5, 0.6) is 11.5 Å². The van der Waals surface area contributed by atoms with E-state index < -0.39 is 0 Å². The number of carbonyl (C=O) groups is 1. The van der Waals surface area contributed by atoms with E-state index in [1.165, 1.54) is 0 Å². The Morgan fingerprint density at radius 3 is 2.52 bits per heavy atom. The molecule has 0 aromatic heterocycles. The van der Waals surface area contributed by atoms with Gasteiger partial charge in [-0.3, -0.25) is 4.79 Å². The molecule has 1 aromatic rings. The van der Waals surface area contributed by atoms with Gasteiger partial charge < -0.3 is 20.1 Å². The average molecular weight is 371 g/mol. The number of piperidine rings is 1. The van der Waals surface area contributed by atoms with Gasteiger partial charge in [0.2, 0.25) is 5.91 Å². The first kappa shape index (κ1) is 21.6. The van der Waals surface area contributed by atoms with Crippen LogP contribution in [-0.4, -0.2) is 33.2 Å². The summed E-state index contributed by atoms with van der Waals surface area (Å²) in [5.74, 6) is 2.66. The maximum Gasteiger partial charge on any atom is 0.220 e. The molecule has 0 radical (unpaired) electrons. The molecule has 0 saturated carbocycles. The first-order chi connectivity index (χ1) is 11.5. The van der Waals surface area contributed by atoms with E-state index >= 15 is 0 Å². The molecule has 1 aliphatic rings. The van der Waals surface area contributed by atoms with Gasteiger partial charge in [0, 0.05) is 12.0 Å². The topological polar surface area (TPSA) is 59.6 Å². The standard InChI is InChI=1S/C19H30N2O3.ClH/c1-13(15-7-9-20-10-8-15)11-19(22)21-14(2)17-12-16(23-3)5-6-18(17)24-4;/h5-6,12-15,20H,7-11H2,1-4H3,(H,21,22);1H. The summed E-state index contributed by atoms with van der Waals surface area (Å²) >= 11 is 0. The fraction of sp³-hybridized carbons (Fsp3) is 0.632. The summed E-state index contributed by atoms with van der Waals surface area (Å²) in [6.07, 6.45) is 2.89. The van der Waals surface area contributed by atoms with Crippen LogP contribution in [-0.2, 0) is 4.79 Å². The molecule has 0 spiro atoms. The van der Waals surface area contributed by atoms with Crippen LogP contribution in [0.25, 0.3) is 0 Å². The SMILES string of the molecule is COc1ccc(OC)c(C(C)NC(=O)CC(C)C2CCNCC2)c1.Cl. The van der Waals surface area contributed by atoms with E-state index in [0.717, 1.165) is 43.0 Å². The molecule has 0 aliphatic carbocycles. The highest BCUT2D eigenvalue weighted by Gasteiger charge is 2.23. The third-order valence-electron chi connectivity index (χ3n) is 4.98. The lowest BCUT2D eigenvalue weighted by Crippen LogP contribution is -2.34. The normalized spacial score (nSPS) is 17.1. The Hall–Kier alpha value is -1.46. The van der Waals surface area contributed by atoms with Crippen molar-refractivity contribution in [2.75, 3.05) is 27.3 Å². The van der Waals surface area contributed by atoms with E-state index in [0.29, 0.717) is 18.3 Å². The van der Waals surface area contributed by atoms with Crippen molar-refractivity contribution in [3.8, 4) is 11.5 Å². The fourth-order valence-electron chi connectivity index (χ4n) is 3.43. The van der Waals surface area contributed by atoms with Crippen LogP contribution >= 0.6 is 12.4 Å². The van der Waals surface area contributed by atoms with Gasteiger partial charge in [0.1, 0.15) is 11.5 Å². The molecule has 1 aromatic carbocycles. The summed E-state index contributed by atoms with van der Waals surface area (Å²) in [5, 5.41) is 6.48. The van der Waals surface area contributed by atoms with Gasteiger partial charge in [0.25, 0.3) is 0 Å². The Labute approximate surface area is 157 Å². The zero-order valence-corrected chi connectivity index (χ0v) is 16.4. The Balaban J connectivity index is 0.00000312. The molecule has 1 aliphatic heterocycles. The van der Waals surface area contributed by atoms with Gasteiger partial charge in [-0.25, -0.2) is 0 Å². The highest BCUT2D eigenvalue weighted by Crippen LogP contribution is 2.30. The van der Waals surface area contributed by atoms with Crippen molar-refractivity contribution >= 4 is 18.3 Å². The monoisotopic (exact) mass is 370 g/mol. The van der Waals surface area contributed by atoms with Crippen LogP contribution in [0.15, 0.2) is 18.2 Å². The van der Waals surface area contributed by atoms with Crippen molar-refractivity contribution in [2.24, 2.45) is 11.8 Å². The van der Waals surface area contributed by atoms with Crippen molar-refractivity contribution < 1.29 is 14.3 Å². The number of methoxy groups -OCH3 is 2. The van der Waals surface area contributed by atoms with E-state index in [4.69, 9.17) is 9.47 Å². The maximum atomic E-state index is 12.4. The third kappa shape index (κ3) is 6.08. The number of benzene rings is 1. The second-order valence-electron chi connectivity index (χ2n) is 6.67. The lowest BCUT2D eigenvalue weighted by Gasteiger charge is -2.28. The number of carbonyl (C=O) groups excluding carboxylic acids is 1. The summed E-state index contributed by atoms with van der Waals surface area (Å²) in [6, 6.07) is 5.52. The Morgan fingerprint density at radius 1 is 1.24 bits per heavy atom. The number of amides is 1. The Bertz CT molecular complexity index is 547. The predicted octanol–water partition coefficient (Wildman–Crippen LogP) is 3.33. The highest BCUT2D eigenvalue weighted by atomic mass is 35.5. The van der Waals surface area contributed by atoms with Crippen molar-refractivity contribution in [3.63, 3.8) is 0 Å². The first-order valence-corrected chi connectivity index (χ1v) is 8.77. The van der Waals surface area contributed by atoms with Crippen molar-refractivity contribution in [2.45, 2.75) is 39.2 Å². The molecule has 5 nitrogen and oxygen atoms in total. The molecule has 6 heteroatoms. The zero-order chi connectivity index (χ0) is 17.5. The van der Waals surface area contributed by atoms with E-state index in [1.54, 1.807) is 14.2 Å². The molecule has 1 fully saturated rings. The van der Waals surface area contributed by atoms with Crippen molar-refractivity contribution in [1.29, 1.82) is 0 Å². The molecular formula is C19H31ClN2O3. The van der Waals surface area contributed by atoms with Crippen molar-refractivity contribution in [3.05, 3.63) is 23.8 Å². The summed E-state index contributed by atoms with van der Waals surface area (Å²) in [6.45, 7) is 6.29. The Morgan fingerprint density at radius 2 is 1.92 bits per heavy atom. The highest BCUT2D eigenvalue weighted by molar-refractivity contribution is 5.85. The second-order valence-corrected chi connectivity index (χ2v) is 6.67. The van der Waals surface area contributed by atoms with Gasteiger partial charge in [-0.05, 0) is 62.9 Å². The van der Waals surface area contributed by atoms with Gasteiger partial charge >= 0.3 is 0 Å². The summed E-state index contributed by atoms with van der Waals surface area (Å²) in [5.41, 5.74) is 0.930. The molecule has 1 heterocycles. The van der Waals surface area contributed by atoms with Gasteiger partial charge in [0.05, 0.1) is 20.3 Å². The van der Waals surface area contributed by atoms with Gasteiger partial charge in [-0.2, -0.15) is 0 Å². The molecule has 1 amide bonds. The molecule has 25 heavy (non-hydrogen) atoms. The molecule has 142 valence electrons. The smallest absolute Gasteiger partial charge is 0.220 e. The number of hydrogen-bond acceptors (Lipinski definition) is 4. The fourth-order valence-corrected chi connectivity index (χ4v) is 3.43. The maximum absolute atomic E-state index is 12.4. The third-order valence-corrected chi connectivity index (χ3v) is 4.98. The van der Waals surface area contributed by atoms with Crippen LogP contribution in [0.1, 0.15) is 44.7 Å². The van der Waals surface area contributed by atoms with E-state index in [2.05, 4.69) is 17.6 Å². The second kappa shape index (κ2) is 10.5. The molecule has 2 atom stereocenters. The van der Waals surface area contributed by atoms with Crippen LogP contribution in [0.4, 0.5) is 0 Å². The average Bonchev–Trinajstić information content (AvgIpc) is 2.61. The van der Waals surface area contributed by atoms with Crippen LogP contribution in [0.3, 0.4) is 0 Å². The minimum Gasteiger partial charge on any atom is -0.497 e. The molecule has 2 rings (SSSR count). The van der Waals surface area contributed by atoms with Gasteiger partial charge in [-0.15, -0.1) is 12.4 Å². The Kier molecular flexibility index (Phi) is 9.08. The van der Waals surface area contributed by atoms with Gasteiger partial charge in [-0.1, -0.05) is 6.92 Å². The first-order valence-electron chi connectivity index (χ1n) is 8.77. The number of halogens is 1. The molecule has 0 bridgehead atoms. The molecule has 1 saturated heterocycles. The molecule has 2 unspecified atom stereocenters. The van der Waals surface area contributed by atoms with Crippen molar-refractivity contribution in [1.82, 2.24) is 10.6 Å². The lowest BCUT2D eigenvalue weighted by molar-refractivity contribution is -0.123. The number of nitrogens with one attached hydrogen (secondary N) is 2. The zero-order valence-electron chi connectivity index (χ0n) is 15.6. The number of rotatable bonds is 7. The summed E-state index contributed by atoms with van der Waals surface area (Å²) < 4.78 is 10.7. The summed E-state index contributed by atoms with van der Waals surface area (Å²) in [7, 11) is 3.27. The van der Waals surface area contributed by atoms with Gasteiger partial charge in [0.15, 0.2) is 0 Å². The lowest BCUT2D eigenvalue weighted by atomic mass is 9.84. The van der Waals surface area contributed by atoms with E-state index in [-0.39, 0.29) is 24.4 Å².